The van der Waals surface area contributed by atoms with Gasteiger partial charge in [-0.05, 0) is 18.9 Å². The third-order valence-corrected chi connectivity index (χ3v) is 5.34. The molecule has 0 radical (unpaired) electrons. The zero-order valence-electron chi connectivity index (χ0n) is 10.9. The first kappa shape index (κ1) is 14.2. The fourth-order valence-corrected chi connectivity index (χ4v) is 3.81. The Morgan fingerprint density at radius 2 is 2.26 bits per heavy atom. The van der Waals surface area contributed by atoms with Crippen molar-refractivity contribution >= 4 is 15.8 Å². The summed E-state index contributed by atoms with van der Waals surface area (Å²) in [5.41, 5.74) is 0. The van der Waals surface area contributed by atoms with Gasteiger partial charge in [0.05, 0.1) is 11.5 Å². The lowest BCUT2D eigenvalue weighted by atomic mass is 9.93. The molecule has 0 unspecified atom stereocenters. The summed E-state index contributed by atoms with van der Waals surface area (Å²) in [5.74, 6) is 0.513. The fourth-order valence-electron chi connectivity index (χ4n) is 2.12. The van der Waals surface area contributed by atoms with Crippen LogP contribution in [0.15, 0.2) is 23.2 Å². The topological polar surface area (TPSA) is 82.5 Å². The van der Waals surface area contributed by atoms with Gasteiger partial charge in [0.15, 0.2) is 0 Å². The maximum atomic E-state index is 12.6. The summed E-state index contributed by atoms with van der Waals surface area (Å²) in [6.45, 7) is -0.0239. The van der Waals surface area contributed by atoms with Gasteiger partial charge >= 0.3 is 0 Å². The molecule has 0 aromatic carbocycles. The second-order valence-corrected chi connectivity index (χ2v) is 6.44. The van der Waals surface area contributed by atoms with Gasteiger partial charge in [-0.25, -0.2) is 13.4 Å². The number of hydrogen-bond donors (Lipinski definition) is 2. The number of rotatable bonds is 6. The van der Waals surface area contributed by atoms with Crippen LogP contribution in [0.25, 0.3) is 0 Å². The van der Waals surface area contributed by atoms with Crippen molar-refractivity contribution in [3.63, 3.8) is 0 Å². The van der Waals surface area contributed by atoms with Crippen LogP contribution in [0.5, 0.6) is 0 Å². The Bertz CT molecular complexity index is 529. The van der Waals surface area contributed by atoms with Crippen LogP contribution in [-0.4, -0.2) is 49.1 Å². The van der Waals surface area contributed by atoms with E-state index in [1.165, 1.54) is 22.6 Å². The summed E-state index contributed by atoms with van der Waals surface area (Å²) >= 11 is 0. The molecule has 0 aliphatic heterocycles. The third kappa shape index (κ3) is 2.88. The number of aliphatic hydroxyl groups excluding tert-OH is 1. The van der Waals surface area contributed by atoms with E-state index in [4.69, 9.17) is 5.11 Å². The molecule has 6 nitrogen and oxygen atoms in total. The molecular weight excluding hydrogens is 266 g/mol. The molecule has 19 heavy (non-hydrogen) atoms. The number of sulfonamides is 1. The largest absolute Gasteiger partial charge is 0.395 e. The van der Waals surface area contributed by atoms with Gasteiger partial charge in [-0.15, -0.1) is 0 Å². The minimum atomic E-state index is -3.56. The summed E-state index contributed by atoms with van der Waals surface area (Å²) in [4.78, 5) is 4.23. The van der Waals surface area contributed by atoms with Crippen LogP contribution in [0, 0.1) is 0 Å². The Hall–Kier alpha value is -1.18. The molecule has 2 N–H and O–H groups in total. The van der Waals surface area contributed by atoms with E-state index >= 15 is 0 Å². The van der Waals surface area contributed by atoms with Gasteiger partial charge in [-0.1, -0.05) is 6.42 Å². The number of anilines is 1. The molecule has 0 saturated heterocycles. The molecule has 106 valence electrons. The molecule has 1 aliphatic carbocycles. The first-order valence-electron chi connectivity index (χ1n) is 6.36. The molecule has 0 amide bonds. The average molecular weight is 285 g/mol. The highest BCUT2D eigenvalue weighted by Crippen LogP contribution is 2.29. The molecular formula is C12H19N3O3S. The van der Waals surface area contributed by atoms with Crippen molar-refractivity contribution < 1.29 is 13.5 Å². The molecule has 0 atom stereocenters. The van der Waals surface area contributed by atoms with Crippen molar-refractivity contribution in [1.29, 1.82) is 0 Å². The number of aromatic nitrogens is 1. The SMILES string of the molecule is CNc1cc(S(=O)(=O)N(CCO)C2CCC2)ccn1. The smallest absolute Gasteiger partial charge is 0.243 e. The molecule has 1 fully saturated rings. The van der Waals surface area contributed by atoms with Gasteiger partial charge in [0.25, 0.3) is 0 Å². The Labute approximate surface area is 113 Å². The van der Waals surface area contributed by atoms with Crippen LogP contribution in [0.2, 0.25) is 0 Å². The summed E-state index contributed by atoms with van der Waals surface area (Å²) in [6, 6.07) is 3.01. The standard InChI is InChI=1S/C12H19N3O3S/c1-13-12-9-11(5-6-14-12)19(17,18)15(7-8-16)10-3-2-4-10/h5-6,9-10,16H,2-4,7-8H2,1H3,(H,13,14). The number of hydrogen-bond acceptors (Lipinski definition) is 5. The van der Waals surface area contributed by atoms with Crippen LogP contribution >= 0.6 is 0 Å². The Morgan fingerprint density at radius 3 is 2.79 bits per heavy atom. The number of nitrogens with zero attached hydrogens (tertiary/aromatic N) is 2. The van der Waals surface area contributed by atoms with Crippen molar-refractivity contribution in [3.05, 3.63) is 18.3 Å². The van der Waals surface area contributed by atoms with E-state index in [-0.39, 0.29) is 24.1 Å². The number of pyridine rings is 1. The van der Waals surface area contributed by atoms with Crippen LogP contribution < -0.4 is 5.32 Å². The molecule has 1 aromatic rings. The van der Waals surface area contributed by atoms with E-state index in [0.29, 0.717) is 5.82 Å². The molecule has 1 aliphatic rings. The lowest BCUT2D eigenvalue weighted by molar-refractivity contribution is 0.178. The predicted octanol–water partition coefficient (Wildman–Crippen LogP) is 0.659. The third-order valence-electron chi connectivity index (χ3n) is 3.40. The fraction of sp³-hybridized carbons (Fsp3) is 0.583. The highest BCUT2D eigenvalue weighted by molar-refractivity contribution is 7.89. The maximum Gasteiger partial charge on any atom is 0.243 e. The minimum absolute atomic E-state index is 0.0170. The molecule has 1 saturated carbocycles. The minimum Gasteiger partial charge on any atom is -0.395 e. The summed E-state index contributed by atoms with van der Waals surface area (Å²) in [7, 11) is -1.87. The van der Waals surface area contributed by atoms with Crippen LogP contribution in [0.3, 0.4) is 0 Å². The Kier molecular flexibility index (Phi) is 4.38. The van der Waals surface area contributed by atoms with Crippen molar-refractivity contribution in [1.82, 2.24) is 9.29 Å². The van der Waals surface area contributed by atoms with Crippen molar-refractivity contribution in [2.75, 3.05) is 25.5 Å². The summed E-state index contributed by atoms with van der Waals surface area (Å²) in [6.07, 6.45) is 4.24. The van der Waals surface area contributed by atoms with Crippen LogP contribution in [-0.2, 0) is 10.0 Å². The first-order valence-corrected chi connectivity index (χ1v) is 7.80. The van der Waals surface area contributed by atoms with Crippen molar-refractivity contribution in [2.45, 2.75) is 30.2 Å². The van der Waals surface area contributed by atoms with Crippen molar-refractivity contribution in [2.24, 2.45) is 0 Å². The maximum absolute atomic E-state index is 12.6. The molecule has 0 bridgehead atoms. The first-order chi connectivity index (χ1) is 9.09. The van der Waals surface area contributed by atoms with E-state index in [9.17, 15) is 8.42 Å². The molecule has 7 heteroatoms. The zero-order valence-corrected chi connectivity index (χ0v) is 11.7. The molecule has 0 spiro atoms. The van der Waals surface area contributed by atoms with Crippen LogP contribution in [0.1, 0.15) is 19.3 Å². The van der Waals surface area contributed by atoms with Crippen LogP contribution in [0.4, 0.5) is 5.82 Å². The average Bonchev–Trinajstić information content (AvgIpc) is 2.36. The zero-order chi connectivity index (χ0) is 13.9. The van der Waals surface area contributed by atoms with Gasteiger partial charge in [-0.2, -0.15) is 4.31 Å². The van der Waals surface area contributed by atoms with E-state index in [2.05, 4.69) is 10.3 Å². The van der Waals surface area contributed by atoms with Gasteiger partial charge in [0.2, 0.25) is 10.0 Å². The van der Waals surface area contributed by atoms with E-state index in [1.807, 2.05) is 0 Å². The number of aliphatic hydroxyl groups is 1. The number of nitrogens with one attached hydrogen (secondary N) is 1. The highest BCUT2D eigenvalue weighted by Gasteiger charge is 2.34. The second kappa shape index (κ2) is 5.85. The lowest BCUT2D eigenvalue weighted by Crippen LogP contribution is -2.45. The van der Waals surface area contributed by atoms with Crippen molar-refractivity contribution in [3.8, 4) is 0 Å². The second-order valence-electron chi connectivity index (χ2n) is 4.55. The summed E-state index contributed by atoms with van der Waals surface area (Å²) < 4.78 is 26.6. The quantitative estimate of drug-likeness (QED) is 0.802. The van der Waals surface area contributed by atoms with Gasteiger partial charge in [-0.3, -0.25) is 0 Å². The van der Waals surface area contributed by atoms with E-state index < -0.39 is 10.0 Å². The van der Waals surface area contributed by atoms with E-state index in [1.54, 1.807) is 7.05 Å². The van der Waals surface area contributed by atoms with Gasteiger partial charge in [0.1, 0.15) is 5.82 Å². The van der Waals surface area contributed by atoms with Gasteiger partial charge < -0.3 is 10.4 Å². The predicted molar refractivity (Wildman–Crippen MR) is 72.4 cm³/mol. The Morgan fingerprint density at radius 1 is 1.53 bits per heavy atom. The highest BCUT2D eigenvalue weighted by atomic mass is 32.2. The monoisotopic (exact) mass is 285 g/mol. The normalized spacial score (nSPS) is 16.4. The van der Waals surface area contributed by atoms with E-state index in [0.717, 1.165) is 19.3 Å². The lowest BCUT2D eigenvalue weighted by Gasteiger charge is -2.36. The van der Waals surface area contributed by atoms with Gasteiger partial charge in [0, 0.05) is 31.9 Å². The summed E-state index contributed by atoms with van der Waals surface area (Å²) in [5, 5.41) is 11.9. The molecule has 1 heterocycles. The molecule has 2 rings (SSSR count). The Balaban J connectivity index is 2.32. The molecule has 1 aromatic heterocycles.